The predicted octanol–water partition coefficient (Wildman–Crippen LogP) is 3.93. The summed E-state index contributed by atoms with van der Waals surface area (Å²) in [4.78, 5) is 12.4. The van der Waals surface area contributed by atoms with Gasteiger partial charge in [-0.25, -0.2) is 0 Å². The van der Waals surface area contributed by atoms with Gasteiger partial charge in [-0.15, -0.1) is 11.8 Å². The largest absolute Gasteiger partial charge is 0.378 e. The number of carbonyl (C=O) groups excluding carboxylic acids is 1. The van der Waals surface area contributed by atoms with Crippen molar-refractivity contribution in [2.45, 2.75) is 23.7 Å². The van der Waals surface area contributed by atoms with Gasteiger partial charge in [-0.2, -0.15) is 0 Å². The molecule has 0 aliphatic carbocycles. The Balaban J connectivity index is 1.81. The fourth-order valence-corrected chi connectivity index (χ4v) is 3.55. The summed E-state index contributed by atoms with van der Waals surface area (Å²) < 4.78 is 0. The highest BCUT2D eigenvalue weighted by molar-refractivity contribution is 7.98. The second-order valence-corrected chi connectivity index (χ2v) is 6.46. The van der Waals surface area contributed by atoms with E-state index >= 15 is 0 Å². The highest BCUT2D eigenvalue weighted by atomic mass is 35.5. The number of hydrogen-bond donors (Lipinski definition) is 2. The molecule has 3 rings (SSSR count). The first-order chi connectivity index (χ1) is 10.0. The van der Waals surface area contributed by atoms with E-state index in [1.54, 1.807) is 17.8 Å². The first-order valence-corrected chi connectivity index (χ1v) is 7.91. The first-order valence-electron chi connectivity index (χ1n) is 6.55. The van der Waals surface area contributed by atoms with Gasteiger partial charge in [-0.3, -0.25) is 4.79 Å². The maximum atomic E-state index is 11.5. The number of fused-ring (bicyclic) bond motifs is 1. The number of thioether (sulfide) groups is 1. The van der Waals surface area contributed by atoms with E-state index in [1.165, 1.54) is 11.1 Å². The fourth-order valence-electron chi connectivity index (χ4n) is 2.32. The van der Waals surface area contributed by atoms with E-state index in [2.05, 4.69) is 30.4 Å². The average molecular weight is 320 g/mol. The van der Waals surface area contributed by atoms with Gasteiger partial charge < -0.3 is 10.4 Å². The zero-order valence-corrected chi connectivity index (χ0v) is 13.0. The number of aliphatic hydroxyl groups excluding tert-OH is 1. The van der Waals surface area contributed by atoms with Crippen LogP contribution in [0.25, 0.3) is 0 Å². The first kappa shape index (κ1) is 14.4. The minimum Gasteiger partial charge on any atom is -0.378 e. The van der Waals surface area contributed by atoms with Crippen molar-refractivity contribution in [1.29, 1.82) is 0 Å². The molecule has 0 radical (unpaired) electrons. The Morgan fingerprint density at radius 2 is 2.14 bits per heavy atom. The van der Waals surface area contributed by atoms with Gasteiger partial charge in [0.15, 0.2) is 6.10 Å². The van der Waals surface area contributed by atoms with Crippen molar-refractivity contribution in [3.05, 3.63) is 58.1 Å². The molecule has 2 aromatic rings. The minimum atomic E-state index is -1.12. The van der Waals surface area contributed by atoms with Gasteiger partial charge in [-0.05, 0) is 24.6 Å². The molecule has 0 fully saturated rings. The van der Waals surface area contributed by atoms with Crippen molar-refractivity contribution in [2.24, 2.45) is 0 Å². The quantitative estimate of drug-likeness (QED) is 0.843. The predicted molar refractivity (Wildman–Crippen MR) is 85.8 cm³/mol. The Labute approximate surface area is 132 Å². The van der Waals surface area contributed by atoms with Crippen LogP contribution in [-0.4, -0.2) is 11.0 Å². The van der Waals surface area contributed by atoms with Crippen LogP contribution in [-0.2, 0) is 10.5 Å². The molecule has 1 aliphatic rings. The molecule has 1 atom stereocenters. The molecular weight excluding hydrogens is 306 g/mol. The van der Waals surface area contributed by atoms with Gasteiger partial charge in [-0.1, -0.05) is 41.4 Å². The molecular formula is C16H14ClNO2S. The van der Waals surface area contributed by atoms with E-state index in [0.29, 0.717) is 16.3 Å². The Morgan fingerprint density at radius 3 is 2.90 bits per heavy atom. The molecule has 0 spiro atoms. The van der Waals surface area contributed by atoms with E-state index in [9.17, 15) is 9.90 Å². The lowest BCUT2D eigenvalue weighted by Gasteiger charge is -2.08. The van der Waals surface area contributed by atoms with Crippen LogP contribution >= 0.6 is 23.4 Å². The van der Waals surface area contributed by atoms with E-state index < -0.39 is 12.0 Å². The van der Waals surface area contributed by atoms with Gasteiger partial charge in [0, 0.05) is 21.9 Å². The lowest BCUT2D eigenvalue weighted by Crippen LogP contribution is -2.10. The third-order valence-electron chi connectivity index (χ3n) is 3.38. The summed E-state index contributed by atoms with van der Waals surface area (Å²) in [6.07, 6.45) is -1.12. The smallest absolute Gasteiger partial charge is 0.257 e. The van der Waals surface area contributed by atoms with Crippen molar-refractivity contribution >= 4 is 35.0 Å². The molecule has 1 heterocycles. The highest BCUT2D eigenvalue weighted by Gasteiger charge is 2.29. The van der Waals surface area contributed by atoms with E-state index in [1.807, 2.05) is 12.1 Å². The summed E-state index contributed by atoms with van der Waals surface area (Å²) in [6.45, 7) is 2.06. The van der Waals surface area contributed by atoms with Crippen molar-refractivity contribution in [3.8, 4) is 0 Å². The van der Waals surface area contributed by atoms with Gasteiger partial charge in [0.05, 0.1) is 5.02 Å². The lowest BCUT2D eigenvalue weighted by molar-refractivity contribution is -0.123. The van der Waals surface area contributed by atoms with Crippen LogP contribution in [0.4, 0.5) is 5.69 Å². The number of benzene rings is 2. The monoisotopic (exact) mass is 319 g/mol. The van der Waals surface area contributed by atoms with Gasteiger partial charge in [0.1, 0.15) is 0 Å². The van der Waals surface area contributed by atoms with Crippen LogP contribution in [0.3, 0.4) is 0 Å². The third kappa shape index (κ3) is 2.93. The van der Waals surface area contributed by atoms with Crippen LogP contribution in [0.1, 0.15) is 22.8 Å². The second kappa shape index (κ2) is 5.72. The van der Waals surface area contributed by atoms with Crippen LogP contribution in [0.2, 0.25) is 5.02 Å². The summed E-state index contributed by atoms with van der Waals surface area (Å²) in [5.41, 5.74) is 3.64. The van der Waals surface area contributed by atoms with Gasteiger partial charge in [0.25, 0.3) is 5.91 Å². The molecule has 0 saturated heterocycles. The Bertz CT molecular complexity index is 717. The van der Waals surface area contributed by atoms with Crippen molar-refractivity contribution in [1.82, 2.24) is 0 Å². The number of halogens is 1. The molecule has 3 nitrogen and oxygen atoms in total. The zero-order valence-electron chi connectivity index (χ0n) is 11.4. The number of amides is 1. The molecule has 1 aliphatic heterocycles. The van der Waals surface area contributed by atoms with Crippen molar-refractivity contribution < 1.29 is 9.90 Å². The molecule has 2 aromatic carbocycles. The topological polar surface area (TPSA) is 49.3 Å². The van der Waals surface area contributed by atoms with Crippen LogP contribution in [0.5, 0.6) is 0 Å². The summed E-state index contributed by atoms with van der Waals surface area (Å²) in [7, 11) is 0. The molecule has 21 heavy (non-hydrogen) atoms. The summed E-state index contributed by atoms with van der Waals surface area (Å²) in [5, 5.41) is 12.9. The molecule has 0 bridgehead atoms. The van der Waals surface area contributed by atoms with E-state index in [4.69, 9.17) is 11.6 Å². The molecule has 5 heteroatoms. The number of aliphatic hydroxyl groups is 1. The van der Waals surface area contributed by atoms with Crippen LogP contribution in [0.15, 0.2) is 41.3 Å². The molecule has 1 amide bonds. The molecule has 2 N–H and O–H groups in total. The second-order valence-electron chi connectivity index (χ2n) is 5.04. The number of hydrogen-bond acceptors (Lipinski definition) is 3. The number of carbonyl (C=O) groups is 1. The summed E-state index contributed by atoms with van der Waals surface area (Å²) in [5.74, 6) is 0.401. The SMILES string of the molecule is Cc1cccc(CSc2cc3c(cc2Cl)C(O)C(=O)N3)c1. The number of anilines is 1. The Hall–Kier alpha value is -1.49. The number of rotatable bonds is 3. The summed E-state index contributed by atoms with van der Waals surface area (Å²) in [6, 6.07) is 11.8. The normalized spacial score (nSPS) is 16.7. The third-order valence-corrected chi connectivity index (χ3v) is 4.93. The molecule has 108 valence electrons. The van der Waals surface area contributed by atoms with Crippen LogP contribution in [0, 0.1) is 6.92 Å². The van der Waals surface area contributed by atoms with Crippen LogP contribution < -0.4 is 5.32 Å². The zero-order chi connectivity index (χ0) is 15.0. The Kier molecular flexibility index (Phi) is 3.93. The minimum absolute atomic E-state index is 0.401. The van der Waals surface area contributed by atoms with E-state index in [-0.39, 0.29) is 0 Å². The van der Waals surface area contributed by atoms with Crippen molar-refractivity contribution in [3.63, 3.8) is 0 Å². The van der Waals surface area contributed by atoms with E-state index in [0.717, 1.165) is 10.6 Å². The molecule has 1 unspecified atom stereocenters. The standard InChI is InChI=1S/C16H14ClNO2S/c1-9-3-2-4-10(5-9)8-21-14-7-13-11(6-12(14)17)15(19)16(20)18-13/h2-7,15,19H,8H2,1H3,(H,18,20). The fraction of sp³-hybridized carbons (Fsp3) is 0.188. The average Bonchev–Trinajstić information content (AvgIpc) is 2.72. The number of nitrogens with one attached hydrogen (secondary N) is 1. The maximum absolute atomic E-state index is 11.5. The number of aryl methyl sites for hydroxylation is 1. The molecule has 0 saturated carbocycles. The Morgan fingerprint density at radius 1 is 1.33 bits per heavy atom. The van der Waals surface area contributed by atoms with Gasteiger partial charge >= 0.3 is 0 Å². The highest BCUT2D eigenvalue weighted by Crippen LogP contribution is 2.39. The summed E-state index contributed by atoms with van der Waals surface area (Å²) >= 11 is 7.86. The maximum Gasteiger partial charge on any atom is 0.257 e. The molecule has 0 aromatic heterocycles. The van der Waals surface area contributed by atoms with Gasteiger partial charge in [0.2, 0.25) is 0 Å². The van der Waals surface area contributed by atoms with Crippen molar-refractivity contribution in [2.75, 3.05) is 5.32 Å². The lowest BCUT2D eigenvalue weighted by atomic mass is 10.1.